The molecule has 1 rings (SSSR count). The molecule has 1 aromatic rings. The number of rotatable bonds is 12. The number of ether oxygens (including phenoxy) is 2. The third-order valence-corrected chi connectivity index (χ3v) is 4.18. The molecule has 0 aliphatic rings. The Morgan fingerprint density at radius 3 is 2.46 bits per heavy atom. The molecule has 1 aromatic carbocycles. The number of guanidine groups is 1. The van der Waals surface area contributed by atoms with E-state index in [9.17, 15) is 0 Å². The SMILES string of the molecule is CCOCCCNC(=NCc1ccc(OC)cc1)NCCN(C)C(C)C. The van der Waals surface area contributed by atoms with E-state index in [0.717, 1.165) is 56.5 Å². The quantitative estimate of drug-likeness (QED) is 0.339. The minimum absolute atomic E-state index is 0.538. The molecule has 6 heteroatoms. The van der Waals surface area contributed by atoms with Gasteiger partial charge < -0.3 is 25.0 Å². The van der Waals surface area contributed by atoms with Gasteiger partial charge in [0.25, 0.3) is 0 Å². The monoisotopic (exact) mass is 364 g/mol. The molecular formula is C20H36N4O2. The molecule has 6 nitrogen and oxygen atoms in total. The van der Waals surface area contributed by atoms with Gasteiger partial charge in [0.2, 0.25) is 0 Å². The van der Waals surface area contributed by atoms with Gasteiger partial charge in [-0.1, -0.05) is 12.1 Å². The van der Waals surface area contributed by atoms with Gasteiger partial charge in [0.1, 0.15) is 5.75 Å². The van der Waals surface area contributed by atoms with Gasteiger partial charge in [0.15, 0.2) is 5.96 Å². The van der Waals surface area contributed by atoms with Crippen molar-refractivity contribution in [1.82, 2.24) is 15.5 Å². The first-order valence-corrected chi connectivity index (χ1v) is 9.50. The maximum atomic E-state index is 5.39. The van der Waals surface area contributed by atoms with Crippen LogP contribution in [0.5, 0.6) is 5.75 Å². The standard InChI is InChI=1S/C20H36N4O2/c1-6-26-15-7-12-21-20(22-13-14-24(4)17(2)3)23-16-18-8-10-19(25-5)11-9-18/h8-11,17H,6-7,12-16H2,1-5H3,(H2,21,22,23). The first-order chi connectivity index (χ1) is 12.6. The lowest BCUT2D eigenvalue weighted by Gasteiger charge is -2.21. The maximum absolute atomic E-state index is 5.39. The minimum Gasteiger partial charge on any atom is -0.497 e. The van der Waals surface area contributed by atoms with Gasteiger partial charge in [0, 0.05) is 38.9 Å². The average molecular weight is 365 g/mol. The van der Waals surface area contributed by atoms with Gasteiger partial charge in [-0.05, 0) is 51.9 Å². The van der Waals surface area contributed by atoms with Crippen molar-refractivity contribution in [2.45, 2.75) is 39.8 Å². The smallest absolute Gasteiger partial charge is 0.191 e. The topological polar surface area (TPSA) is 58.1 Å². The van der Waals surface area contributed by atoms with Crippen molar-refractivity contribution in [3.05, 3.63) is 29.8 Å². The number of benzene rings is 1. The highest BCUT2D eigenvalue weighted by Gasteiger charge is 2.04. The third kappa shape index (κ3) is 9.63. The van der Waals surface area contributed by atoms with E-state index in [1.54, 1.807) is 7.11 Å². The highest BCUT2D eigenvalue weighted by molar-refractivity contribution is 5.79. The van der Waals surface area contributed by atoms with Gasteiger partial charge in [0.05, 0.1) is 13.7 Å². The zero-order valence-corrected chi connectivity index (χ0v) is 17.0. The van der Waals surface area contributed by atoms with Crippen molar-refractivity contribution >= 4 is 5.96 Å². The van der Waals surface area contributed by atoms with Crippen molar-refractivity contribution in [3.8, 4) is 5.75 Å². The first-order valence-electron chi connectivity index (χ1n) is 9.50. The van der Waals surface area contributed by atoms with E-state index in [2.05, 4.69) is 36.4 Å². The summed E-state index contributed by atoms with van der Waals surface area (Å²) in [5.41, 5.74) is 1.15. The molecule has 0 bridgehead atoms. The summed E-state index contributed by atoms with van der Waals surface area (Å²) >= 11 is 0. The Kier molecular flexibility index (Phi) is 11.5. The second-order valence-electron chi connectivity index (χ2n) is 6.49. The highest BCUT2D eigenvalue weighted by Crippen LogP contribution is 2.11. The van der Waals surface area contributed by atoms with E-state index in [4.69, 9.17) is 14.5 Å². The maximum Gasteiger partial charge on any atom is 0.191 e. The van der Waals surface area contributed by atoms with E-state index < -0.39 is 0 Å². The summed E-state index contributed by atoms with van der Waals surface area (Å²) in [5, 5.41) is 6.81. The summed E-state index contributed by atoms with van der Waals surface area (Å²) in [6.45, 7) is 11.2. The Morgan fingerprint density at radius 1 is 1.15 bits per heavy atom. The van der Waals surface area contributed by atoms with Crippen LogP contribution in [-0.4, -0.2) is 63.9 Å². The Labute approximate surface area is 159 Å². The normalized spacial score (nSPS) is 11.9. The van der Waals surface area contributed by atoms with E-state index in [1.165, 1.54) is 0 Å². The van der Waals surface area contributed by atoms with Crippen LogP contribution in [0.25, 0.3) is 0 Å². The number of hydrogen-bond acceptors (Lipinski definition) is 4. The van der Waals surface area contributed by atoms with Crippen LogP contribution in [0.3, 0.4) is 0 Å². The fourth-order valence-corrected chi connectivity index (χ4v) is 2.21. The molecule has 0 radical (unpaired) electrons. The van der Waals surface area contributed by atoms with Crippen molar-refractivity contribution in [2.24, 2.45) is 4.99 Å². The number of aliphatic imine (C=N–C) groups is 1. The minimum atomic E-state index is 0.538. The van der Waals surface area contributed by atoms with Crippen molar-refractivity contribution in [2.75, 3.05) is 47.0 Å². The second-order valence-corrected chi connectivity index (χ2v) is 6.49. The molecule has 0 saturated heterocycles. The zero-order chi connectivity index (χ0) is 19.2. The summed E-state index contributed by atoms with van der Waals surface area (Å²) in [7, 11) is 3.81. The summed E-state index contributed by atoms with van der Waals surface area (Å²) in [6, 6.07) is 8.55. The Bertz CT molecular complexity index is 503. The van der Waals surface area contributed by atoms with Crippen LogP contribution in [0.4, 0.5) is 0 Å². The van der Waals surface area contributed by atoms with Crippen LogP contribution in [0.2, 0.25) is 0 Å². The fraction of sp³-hybridized carbons (Fsp3) is 0.650. The molecule has 0 unspecified atom stereocenters. The summed E-state index contributed by atoms with van der Waals surface area (Å²) in [4.78, 5) is 7.01. The van der Waals surface area contributed by atoms with Crippen LogP contribution in [0.15, 0.2) is 29.3 Å². The van der Waals surface area contributed by atoms with E-state index in [-0.39, 0.29) is 0 Å². The number of nitrogens with zero attached hydrogens (tertiary/aromatic N) is 2. The zero-order valence-electron chi connectivity index (χ0n) is 17.0. The van der Waals surface area contributed by atoms with Crippen LogP contribution >= 0.6 is 0 Å². The predicted octanol–water partition coefficient (Wildman–Crippen LogP) is 2.50. The molecule has 0 saturated carbocycles. The summed E-state index contributed by atoms with van der Waals surface area (Å²) < 4.78 is 10.6. The molecule has 0 fully saturated rings. The molecule has 0 aromatic heterocycles. The number of methoxy groups -OCH3 is 1. The summed E-state index contributed by atoms with van der Waals surface area (Å²) in [5.74, 6) is 1.70. The lowest BCUT2D eigenvalue weighted by atomic mass is 10.2. The Balaban J connectivity index is 2.53. The molecule has 0 spiro atoms. The van der Waals surface area contributed by atoms with Gasteiger partial charge in [-0.15, -0.1) is 0 Å². The van der Waals surface area contributed by atoms with Crippen molar-refractivity contribution in [3.63, 3.8) is 0 Å². The van der Waals surface area contributed by atoms with Crippen LogP contribution in [-0.2, 0) is 11.3 Å². The average Bonchev–Trinajstić information content (AvgIpc) is 2.65. The number of likely N-dealkylation sites (N-methyl/N-ethyl adjacent to an activating group) is 1. The molecule has 0 aliphatic carbocycles. The largest absolute Gasteiger partial charge is 0.497 e. The van der Waals surface area contributed by atoms with Crippen LogP contribution in [0.1, 0.15) is 32.8 Å². The van der Waals surface area contributed by atoms with Gasteiger partial charge in [-0.2, -0.15) is 0 Å². The van der Waals surface area contributed by atoms with Crippen molar-refractivity contribution < 1.29 is 9.47 Å². The second kappa shape index (κ2) is 13.4. The molecule has 26 heavy (non-hydrogen) atoms. The number of hydrogen-bond donors (Lipinski definition) is 2. The van der Waals surface area contributed by atoms with Gasteiger partial charge in [-0.25, -0.2) is 4.99 Å². The van der Waals surface area contributed by atoms with Crippen LogP contribution in [0, 0.1) is 0 Å². The van der Waals surface area contributed by atoms with E-state index in [1.807, 2.05) is 31.2 Å². The predicted molar refractivity (Wildman–Crippen MR) is 109 cm³/mol. The Morgan fingerprint density at radius 2 is 1.85 bits per heavy atom. The molecule has 2 N–H and O–H groups in total. The summed E-state index contributed by atoms with van der Waals surface area (Å²) in [6.07, 6.45) is 0.961. The molecule has 0 atom stereocenters. The highest BCUT2D eigenvalue weighted by atomic mass is 16.5. The first kappa shape index (κ1) is 22.3. The Hall–Kier alpha value is -1.79. The van der Waals surface area contributed by atoms with Gasteiger partial charge in [-0.3, -0.25) is 0 Å². The molecular weight excluding hydrogens is 328 g/mol. The third-order valence-electron chi connectivity index (χ3n) is 4.18. The van der Waals surface area contributed by atoms with Crippen LogP contribution < -0.4 is 15.4 Å². The molecule has 0 aliphatic heterocycles. The molecule has 0 heterocycles. The van der Waals surface area contributed by atoms with E-state index in [0.29, 0.717) is 12.6 Å². The number of nitrogens with one attached hydrogen (secondary N) is 2. The van der Waals surface area contributed by atoms with Crippen molar-refractivity contribution in [1.29, 1.82) is 0 Å². The van der Waals surface area contributed by atoms with E-state index >= 15 is 0 Å². The molecule has 0 amide bonds. The lowest BCUT2D eigenvalue weighted by molar-refractivity contribution is 0.145. The lowest BCUT2D eigenvalue weighted by Crippen LogP contribution is -2.42. The molecule has 148 valence electrons. The van der Waals surface area contributed by atoms with Gasteiger partial charge >= 0.3 is 0 Å². The fourth-order valence-electron chi connectivity index (χ4n) is 2.21.